The highest BCUT2D eigenvalue weighted by molar-refractivity contribution is 7.87. The molecule has 0 heterocycles. The van der Waals surface area contributed by atoms with Crippen LogP contribution in [0.15, 0.2) is 42.2 Å². The lowest BCUT2D eigenvalue weighted by Crippen LogP contribution is -2.27. The van der Waals surface area contributed by atoms with Gasteiger partial charge in [-0.1, -0.05) is 18.2 Å². The van der Waals surface area contributed by atoms with Crippen molar-refractivity contribution in [3.63, 3.8) is 0 Å². The third-order valence-corrected chi connectivity index (χ3v) is 3.87. The molecule has 0 bridgehead atoms. The smallest absolute Gasteiger partial charge is 0.490 e. The molecule has 0 radical (unpaired) electrons. The molecule has 0 N–H and O–H groups in total. The lowest BCUT2D eigenvalue weighted by molar-refractivity contribution is -0.0525. The average Bonchev–Trinajstić information content (AvgIpc) is 2.41. The Hall–Kier alpha value is -1.70. The minimum absolute atomic E-state index is 0.0762. The second-order valence-corrected chi connectivity index (χ2v) is 6.02. The fraction of sp³-hybridized carbons (Fsp3) is 0.385. The Labute approximate surface area is 120 Å². The van der Waals surface area contributed by atoms with Gasteiger partial charge in [-0.15, -0.1) is 0 Å². The number of alkyl halides is 3. The van der Waals surface area contributed by atoms with Gasteiger partial charge in [0.25, 0.3) is 0 Å². The summed E-state index contributed by atoms with van der Waals surface area (Å²) in [5, 5.41) is 0. The molecule has 0 fully saturated rings. The maximum absolute atomic E-state index is 12.2. The van der Waals surface area contributed by atoms with Gasteiger partial charge in [0.15, 0.2) is 0 Å². The summed E-state index contributed by atoms with van der Waals surface area (Å²) < 4.78 is 68.0. The first-order valence-electron chi connectivity index (χ1n) is 6.19. The van der Waals surface area contributed by atoms with Crippen molar-refractivity contribution in [3.05, 3.63) is 42.2 Å². The van der Waals surface area contributed by atoms with Crippen LogP contribution >= 0.6 is 0 Å². The summed E-state index contributed by atoms with van der Waals surface area (Å²) in [5.74, 6) is 0.461. The van der Waals surface area contributed by atoms with Crippen LogP contribution in [0.3, 0.4) is 0 Å². The summed E-state index contributed by atoms with van der Waals surface area (Å²) in [7, 11) is -5.58. The second kappa shape index (κ2) is 5.97. The number of hydrogen-bond acceptors (Lipinski definition) is 4. The lowest BCUT2D eigenvalue weighted by Gasteiger charge is -2.23. The zero-order chi connectivity index (χ0) is 15.5. The number of hydrogen-bond donors (Lipinski definition) is 0. The van der Waals surface area contributed by atoms with Crippen molar-refractivity contribution < 1.29 is 30.5 Å². The highest BCUT2D eigenvalue weighted by Crippen LogP contribution is 2.30. The minimum atomic E-state index is -5.58. The summed E-state index contributed by atoms with van der Waals surface area (Å²) in [6, 6.07) is 8.98. The third kappa shape index (κ3) is 4.13. The third-order valence-electron chi connectivity index (χ3n) is 2.87. The summed E-state index contributed by atoms with van der Waals surface area (Å²) in [4.78, 5) is 0. The predicted molar refractivity (Wildman–Crippen MR) is 68.9 cm³/mol. The molecule has 1 aliphatic rings. The molecular formula is C13H13F3O4S. The number of para-hydroxylation sites is 1. The van der Waals surface area contributed by atoms with Gasteiger partial charge in [0.05, 0.1) is 0 Å². The Kier molecular flexibility index (Phi) is 4.46. The Morgan fingerprint density at radius 1 is 1.14 bits per heavy atom. The SMILES string of the molecule is O=S(=O)(OC1=CCC(Oc2ccccc2)CC1)C(F)(F)F. The Balaban J connectivity index is 1.94. The van der Waals surface area contributed by atoms with Crippen LogP contribution in [-0.2, 0) is 14.3 Å². The first kappa shape index (κ1) is 15.7. The van der Waals surface area contributed by atoms with Crippen molar-refractivity contribution >= 4 is 10.1 Å². The average molecular weight is 322 g/mol. The molecule has 21 heavy (non-hydrogen) atoms. The molecule has 1 atom stereocenters. The lowest BCUT2D eigenvalue weighted by atomic mass is 10.0. The van der Waals surface area contributed by atoms with Gasteiger partial charge < -0.3 is 8.92 Å². The maximum atomic E-state index is 12.2. The van der Waals surface area contributed by atoms with Gasteiger partial charge in [0, 0.05) is 12.8 Å². The minimum Gasteiger partial charge on any atom is -0.490 e. The molecule has 1 aromatic carbocycles. The normalized spacial score (nSPS) is 19.8. The fourth-order valence-electron chi connectivity index (χ4n) is 1.85. The van der Waals surface area contributed by atoms with Crippen LogP contribution in [0.25, 0.3) is 0 Å². The molecule has 0 amide bonds. The predicted octanol–water partition coefficient (Wildman–Crippen LogP) is 3.37. The molecule has 4 nitrogen and oxygen atoms in total. The molecule has 116 valence electrons. The number of rotatable bonds is 4. The van der Waals surface area contributed by atoms with E-state index in [-0.39, 0.29) is 24.7 Å². The van der Waals surface area contributed by atoms with Crippen LogP contribution < -0.4 is 4.74 Å². The number of allylic oxidation sites excluding steroid dienone is 1. The van der Waals surface area contributed by atoms with Gasteiger partial charge in [-0.05, 0) is 24.6 Å². The molecule has 0 spiro atoms. The van der Waals surface area contributed by atoms with E-state index in [1.54, 1.807) is 24.3 Å². The van der Waals surface area contributed by atoms with Crippen LogP contribution in [0, 0.1) is 0 Å². The molecule has 0 saturated carbocycles. The summed E-state index contributed by atoms with van der Waals surface area (Å²) in [5.41, 5.74) is -5.41. The summed E-state index contributed by atoms with van der Waals surface area (Å²) >= 11 is 0. The standard InChI is InChI=1S/C13H13F3O4S/c14-13(15,16)21(17,18)20-12-8-6-11(7-9-12)19-10-4-2-1-3-5-10/h1-5,8,11H,6-7,9H2. The Morgan fingerprint density at radius 2 is 1.81 bits per heavy atom. The maximum Gasteiger partial charge on any atom is 0.534 e. The molecule has 1 unspecified atom stereocenters. The molecule has 2 rings (SSSR count). The van der Waals surface area contributed by atoms with Gasteiger partial charge in [0.1, 0.15) is 17.6 Å². The van der Waals surface area contributed by atoms with E-state index in [1.165, 1.54) is 6.08 Å². The van der Waals surface area contributed by atoms with Crippen LogP contribution in [0.2, 0.25) is 0 Å². The molecule has 1 aromatic rings. The molecule has 0 saturated heterocycles. The van der Waals surface area contributed by atoms with Gasteiger partial charge in [0.2, 0.25) is 0 Å². The second-order valence-electron chi connectivity index (χ2n) is 4.48. The Bertz CT molecular complexity index is 608. The van der Waals surface area contributed by atoms with Gasteiger partial charge in [-0.2, -0.15) is 21.6 Å². The highest BCUT2D eigenvalue weighted by atomic mass is 32.2. The topological polar surface area (TPSA) is 52.6 Å². The number of halogens is 3. The van der Waals surface area contributed by atoms with E-state index in [0.717, 1.165) is 0 Å². The first-order chi connectivity index (χ1) is 9.78. The van der Waals surface area contributed by atoms with E-state index >= 15 is 0 Å². The quantitative estimate of drug-likeness (QED) is 0.630. The molecule has 0 aromatic heterocycles. The molecule has 1 aliphatic carbocycles. The largest absolute Gasteiger partial charge is 0.534 e. The Morgan fingerprint density at radius 3 is 2.33 bits per heavy atom. The number of benzene rings is 1. The van der Waals surface area contributed by atoms with Crippen molar-refractivity contribution in [1.29, 1.82) is 0 Å². The molecule has 0 aliphatic heterocycles. The van der Waals surface area contributed by atoms with Gasteiger partial charge in [-0.3, -0.25) is 0 Å². The van der Waals surface area contributed by atoms with Crippen molar-refractivity contribution in [2.24, 2.45) is 0 Å². The van der Waals surface area contributed by atoms with E-state index < -0.39 is 15.6 Å². The van der Waals surface area contributed by atoms with Crippen LogP contribution in [0.4, 0.5) is 13.2 Å². The van der Waals surface area contributed by atoms with E-state index in [0.29, 0.717) is 12.2 Å². The monoisotopic (exact) mass is 322 g/mol. The molecule has 8 heteroatoms. The van der Waals surface area contributed by atoms with Gasteiger partial charge in [-0.25, -0.2) is 0 Å². The summed E-state index contributed by atoms with van der Waals surface area (Å²) in [6.07, 6.45) is 1.85. The van der Waals surface area contributed by atoms with Crippen LogP contribution in [0.5, 0.6) is 5.75 Å². The van der Waals surface area contributed by atoms with E-state index in [4.69, 9.17) is 4.74 Å². The van der Waals surface area contributed by atoms with Crippen LogP contribution in [-0.4, -0.2) is 20.0 Å². The van der Waals surface area contributed by atoms with E-state index in [9.17, 15) is 21.6 Å². The van der Waals surface area contributed by atoms with Crippen molar-refractivity contribution in [2.45, 2.75) is 30.9 Å². The zero-order valence-electron chi connectivity index (χ0n) is 10.8. The van der Waals surface area contributed by atoms with E-state index in [1.807, 2.05) is 6.07 Å². The molecular weight excluding hydrogens is 309 g/mol. The van der Waals surface area contributed by atoms with Gasteiger partial charge >= 0.3 is 15.6 Å². The zero-order valence-corrected chi connectivity index (χ0v) is 11.7. The van der Waals surface area contributed by atoms with Crippen molar-refractivity contribution in [2.75, 3.05) is 0 Å². The van der Waals surface area contributed by atoms with E-state index in [2.05, 4.69) is 4.18 Å². The van der Waals surface area contributed by atoms with Crippen LogP contribution in [0.1, 0.15) is 19.3 Å². The fourth-order valence-corrected chi connectivity index (χ4v) is 2.38. The number of ether oxygens (including phenoxy) is 1. The van der Waals surface area contributed by atoms with Crippen molar-refractivity contribution in [1.82, 2.24) is 0 Å². The van der Waals surface area contributed by atoms with Crippen molar-refractivity contribution in [3.8, 4) is 5.75 Å². The summed E-state index contributed by atoms with van der Waals surface area (Å²) in [6.45, 7) is 0. The first-order valence-corrected chi connectivity index (χ1v) is 7.60. The highest BCUT2D eigenvalue weighted by Gasteiger charge is 2.48.